The lowest BCUT2D eigenvalue weighted by Crippen LogP contribution is -2.43. The quantitative estimate of drug-likeness (QED) is 0.737. The van der Waals surface area contributed by atoms with Crippen LogP contribution in [0.25, 0.3) is 12.2 Å². The molecule has 5 nitrogen and oxygen atoms in total. The van der Waals surface area contributed by atoms with Gasteiger partial charge in [0.15, 0.2) is 0 Å². The lowest BCUT2D eigenvalue weighted by Gasteiger charge is -2.14. The Kier molecular flexibility index (Phi) is 3.89. The molecule has 1 saturated heterocycles. The average molecular weight is 297 g/mol. The van der Waals surface area contributed by atoms with Crippen molar-refractivity contribution in [2.75, 3.05) is 0 Å². The molecule has 1 aliphatic carbocycles. The summed E-state index contributed by atoms with van der Waals surface area (Å²) in [6.07, 6.45) is 10.00. The minimum absolute atomic E-state index is 0.0274. The van der Waals surface area contributed by atoms with Crippen LogP contribution < -0.4 is 15.8 Å². The maximum atomic E-state index is 12.5. The van der Waals surface area contributed by atoms with Gasteiger partial charge in [0, 0.05) is 5.56 Å². The van der Waals surface area contributed by atoms with E-state index in [0.717, 1.165) is 10.4 Å². The molecule has 0 bridgehead atoms. The number of allylic oxidation sites excluding steroid dienone is 4. The number of aliphatic hydroxyl groups is 1. The van der Waals surface area contributed by atoms with Crippen LogP contribution in [0.1, 0.15) is 16.8 Å². The molecule has 1 aromatic carbocycles. The molecule has 0 radical (unpaired) electrons. The van der Waals surface area contributed by atoms with Gasteiger partial charge in [-0.1, -0.05) is 48.6 Å². The van der Waals surface area contributed by atoms with Crippen molar-refractivity contribution in [1.29, 1.82) is 0 Å². The molecule has 0 saturated carbocycles. The van der Waals surface area contributed by atoms with Crippen LogP contribution in [-0.2, 0) is 9.53 Å². The van der Waals surface area contributed by atoms with Gasteiger partial charge in [-0.25, -0.2) is 0 Å². The first-order valence-electron chi connectivity index (χ1n) is 6.98. The van der Waals surface area contributed by atoms with Crippen molar-refractivity contribution in [3.8, 4) is 0 Å². The van der Waals surface area contributed by atoms with Gasteiger partial charge in [0.25, 0.3) is 5.91 Å². The third kappa shape index (κ3) is 2.84. The third-order valence-corrected chi connectivity index (χ3v) is 3.56. The minimum atomic E-state index is -1.29. The van der Waals surface area contributed by atoms with E-state index in [2.05, 4.69) is 10.1 Å². The van der Waals surface area contributed by atoms with Crippen LogP contribution in [0.5, 0.6) is 0 Å². The second kappa shape index (κ2) is 5.99. The van der Waals surface area contributed by atoms with Crippen molar-refractivity contribution in [2.24, 2.45) is 0 Å². The van der Waals surface area contributed by atoms with Crippen molar-refractivity contribution in [2.45, 2.75) is 18.8 Å². The van der Waals surface area contributed by atoms with E-state index >= 15 is 0 Å². The van der Waals surface area contributed by atoms with Gasteiger partial charge in [0.05, 0.1) is 6.42 Å². The van der Waals surface area contributed by atoms with Gasteiger partial charge >= 0.3 is 5.97 Å². The normalized spacial score (nSPS) is 28.7. The smallest absolute Gasteiger partial charge is 0.310 e. The Morgan fingerprint density at radius 1 is 1.18 bits per heavy atom. The first-order valence-corrected chi connectivity index (χ1v) is 6.98. The second-order valence-electron chi connectivity index (χ2n) is 5.08. The van der Waals surface area contributed by atoms with Crippen LogP contribution in [0.2, 0.25) is 0 Å². The number of fused-ring (bicyclic) bond motifs is 1. The number of carbonyl (C=O) groups excluding carboxylic acids is 2. The number of carbonyl (C=O) groups is 2. The molecule has 1 heterocycles. The van der Waals surface area contributed by atoms with E-state index in [9.17, 15) is 14.7 Å². The van der Waals surface area contributed by atoms with Crippen LogP contribution in [0.15, 0.2) is 42.5 Å². The average Bonchev–Trinajstić information content (AvgIpc) is 2.77. The summed E-state index contributed by atoms with van der Waals surface area (Å²) in [5.74, 6) is -0.865. The zero-order chi connectivity index (χ0) is 15.5. The molecule has 2 N–H and O–H groups in total. The molecule has 112 valence electrons. The first-order chi connectivity index (χ1) is 10.6. The molecule has 22 heavy (non-hydrogen) atoms. The predicted molar refractivity (Wildman–Crippen MR) is 80.9 cm³/mol. The molecule has 2 unspecified atom stereocenters. The third-order valence-electron chi connectivity index (χ3n) is 3.56. The second-order valence-corrected chi connectivity index (χ2v) is 5.08. The van der Waals surface area contributed by atoms with Gasteiger partial charge in [-0.05, 0) is 16.5 Å². The van der Waals surface area contributed by atoms with Gasteiger partial charge < -0.3 is 15.2 Å². The summed E-state index contributed by atoms with van der Waals surface area (Å²) in [6.45, 7) is 0. The molecule has 1 aliphatic heterocycles. The number of rotatable bonds is 2. The summed E-state index contributed by atoms with van der Waals surface area (Å²) in [6, 6.07) is 4.71. The maximum absolute atomic E-state index is 12.5. The summed E-state index contributed by atoms with van der Waals surface area (Å²) in [4.78, 5) is 23.6. The van der Waals surface area contributed by atoms with E-state index in [0.29, 0.717) is 5.56 Å². The first kappa shape index (κ1) is 14.3. The van der Waals surface area contributed by atoms with Crippen LogP contribution in [-0.4, -0.2) is 29.3 Å². The SMILES string of the molecule is O=C1CC(NC(=O)c2cccc3/c2=C\C=C/C=C\C=3)C(O)O1. The monoisotopic (exact) mass is 297 g/mol. The zero-order valence-electron chi connectivity index (χ0n) is 11.7. The Morgan fingerprint density at radius 2 is 1.95 bits per heavy atom. The fraction of sp³-hybridized carbons (Fsp3) is 0.176. The van der Waals surface area contributed by atoms with E-state index in [-0.39, 0.29) is 12.3 Å². The number of hydrogen-bond donors (Lipinski definition) is 2. The van der Waals surface area contributed by atoms with Crippen LogP contribution in [0.3, 0.4) is 0 Å². The molecule has 0 spiro atoms. The maximum Gasteiger partial charge on any atom is 0.310 e. The minimum Gasteiger partial charge on any atom is -0.434 e. The number of ether oxygens (including phenoxy) is 1. The molecule has 2 atom stereocenters. The molecule has 3 rings (SSSR count). The van der Waals surface area contributed by atoms with Crippen molar-refractivity contribution in [1.82, 2.24) is 5.32 Å². The van der Waals surface area contributed by atoms with Gasteiger partial charge in [-0.15, -0.1) is 0 Å². The summed E-state index contributed by atoms with van der Waals surface area (Å²) >= 11 is 0. The van der Waals surface area contributed by atoms with Crippen LogP contribution >= 0.6 is 0 Å². The molecule has 1 amide bonds. The Morgan fingerprint density at radius 3 is 2.68 bits per heavy atom. The van der Waals surface area contributed by atoms with Crippen molar-refractivity contribution >= 4 is 24.0 Å². The van der Waals surface area contributed by atoms with E-state index in [1.807, 2.05) is 42.5 Å². The molecule has 0 aromatic heterocycles. The van der Waals surface area contributed by atoms with Crippen molar-refractivity contribution in [3.05, 3.63) is 58.5 Å². The molecule has 1 fully saturated rings. The molecular weight excluding hydrogens is 282 g/mol. The summed E-state index contributed by atoms with van der Waals surface area (Å²) in [5, 5.41) is 14.0. The van der Waals surface area contributed by atoms with E-state index in [1.165, 1.54) is 0 Å². The van der Waals surface area contributed by atoms with Gasteiger partial charge in [0.1, 0.15) is 6.04 Å². The Hall–Kier alpha value is -2.66. The summed E-state index contributed by atoms with van der Waals surface area (Å²) in [7, 11) is 0. The molecule has 2 aliphatic rings. The fourth-order valence-corrected chi connectivity index (χ4v) is 2.47. The molecular formula is C17H15NO4. The lowest BCUT2D eigenvalue weighted by molar-refractivity contribution is -0.154. The Bertz CT molecular complexity index is 791. The van der Waals surface area contributed by atoms with Crippen LogP contribution in [0, 0.1) is 0 Å². The molecule has 1 aromatic rings. The highest BCUT2D eigenvalue weighted by Crippen LogP contribution is 2.12. The molecule has 5 heteroatoms. The van der Waals surface area contributed by atoms with E-state index < -0.39 is 18.3 Å². The number of nitrogens with one attached hydrogen (secondary N) is 1. The van der Waals surface area contributed by atoms with E-state index in [4.69, 9.17) is 0 Å². The Balaban J connectivity index is 1.94. The highest BCUT2D eigenvalue weighted by Gasteiger charge is 2.34. The number of benzene rings is 1. The van der Waals surface area contributed by atoms with Gasteiger partial charge in [-0.3, -0.25) is 9.59 Å². The Labute approximate surface area is 126 Å². The predicted octanol–water partition coefficient (Wildman–Crippen LogP) is -0.263. The summed E-state index contributed by atoms with van der Waals surface area (Å²) < 4.78 is 4.63. The van der Waals surface area contributed by atoms with Gasteiger partial charge in [-0.2, -0.15) is 0 Å². The van der Waals surface area contributed by atoms with Crippen molar-refractivity contribution in [3.63, 3.8) is 0 Å². The van der Waals surface area contributed by atoms with E-state index in [1.54, 1.807) is 12.1 Å². The zero-order valence-corrected chi connectivity index (χ0v) is 11.7. The number of aliphatic hydroxyl groups excluding tert-OH is 1. The number of amides is 1. The number of esters is 1. The van der Waals surface area contributed by atoms with Crippen LogP contribution in [0.4, 0.5) is 0 Å². The standard InChI is InChI=1S/C17H15NO4/c19-15-10-14(17(21)22-15)18-16(20)13-9-5-7-11-6-3-1-2-4-8-12(11)13/h1-9,14,17,21H,10H2,(H,18,20)/b2-1?,3-1-,4-2-,6-3?,8-4?,11-6-,12-8+. The highest BCUT2D eigenvalue weighted by molar-refractivity contribution is 5.95. The fourth-order valence-electron chi connectivity index (χ4n) is 2.47. The van der Waals surface area contributed by atoms with Gasteiger partial charge in [0.2, 0.25) is 6.29 Å². The summed E-state index contributed by atoms with van der Waals surface area (Å²) in [5.41, 5.74) is 0.486. The highest BCUT2D eigenvalue weighted by atomic mass is 16.6. The number of cyclic esters (lactones) is 1. The largest absolute Gasteiger partial charge is 0.434 e. The van der Waals surface area contributed by atoms with Crippen molar-refractivity contribution < 1.29 is 19.4 Å². The topological polar surface area (TPSA) is 75.6 Å². The number of hydrogen-bond acceptors (Lipinski definition) is 4. The lowest BCUT2D eigenvalue weighted by atomic mass is 10.1.